The average molecular weight is 414 g/mol. The number of aliphatic hydroxyl groups excluding tert-OH is 1. The van der Waals surface area contributed by atoms with Crippen molar-refractivity contribution < 1.29 is 9.84 Å². The highest BCUT2D eigenvalue weighted by atomic mass is 32.1. The summed E-state index contributed by atoms with van der Waals surface area (Å²) in [7, 11) is 1.00. The summed E-state index contributed by atoms with van der Waals surface area (Å²) >= 11 is 1.71. The van der Waals surface area contributed by atoms with Crippen LogP contribution in [0.25, 0.3) is 10.2 Å². The van der Waals surface area contributed by atoms with Crippen LogP contribution >= 0.6 is 11.3 Å². The second kappa shape index (κ2) is 9.37. The van der Waals surface area contributed by atoms with Gasteiger partial charge in [0, 0.05) is 51.5 Å². The summed E-state index contributed by atoms with van der Waals surface area (Å²) in [6, 6.07) is 8.66. The monoisotopic (exact) mass is 413 g/mol. The number of hydrogen-bond donors (Lipinski definition) is 2. The third kappa shape index (κ3) is 4.59. The van der Waals surface area contributed by atoms with Crippen molar-refractivity contribution in [2.45, 2.75) is 44.2 Å². The fourth-order valence-electron chi connectivity index (χ4n) is 3.77. The molecule has 0 amide bonds. The molecule has 3 aromatic rings. The van der Waals surface area contributed by atoms with Gasteiger partial charge in [-0.3, -0.25) is 0 Å². The molecule has 154 valence electrons. The number of rotatable bonds is 5. The lowest BCUT2D eigenvalue weighted by Gasteiger charge is -2.36. The highest BCUT2D eigenvalue weighted by molar-refractivity contribution is 7.22. The van der Waals surface area contributed by atoms with Crippen molar-refractivity contribution in [1.29, 1.82) is 0 Å². The van der Waals surface area contributed by atoms with Crippen molar-refractivity contribution in [2.75, 3.05) is 30.4 Å². The number of hydrogen-bond acceptors (Lipinski definition) is 8. The third-order valence-corrected chi connectivity index (χ3v) is 6.26. The minimum absolute atomic E-state index is 0.192. The van der Waals surface area contributed by atoms with E-state index in [-0.39, 0.29) is 6.10 Å². The Hall–Kier alpha value is -2.45. The SMILES string of the molecule is CO.c1ccc2sc(NC3CC(Oc4nccnc4N4CCCCC4)C3)nc2c1. The van der Waals surface area contributed by atoms with Gasteiger partial charge in [-0.15, -0.1) is 0 Å². The number of aromatic nitrogens is 3. The molecule has 1 saturated heterocycles. The van der Waals surface area contributed by atoms with Crippen LogP contribution in [0.15, 0.2) is 36.7 Å². The molecule has 2 N–H and O–H groups in total. The van der Waals surface area contributed by atoms with Gasteiger partial charge in [0.05, 0.1) is 10.2 Å². The third-order valence-electron chi connectivity index (χ3n) is 5.30. The van der Waals surface area contributed by atoms with Gasteiger partial charge in [0.1, 0.15) is 6.10 Å². The van der Waals surface area contributed by atoms with Crippen molar-refractivity contribution >= 4 is 32.5 Å². The number of nitrogens with zero attached hydrogens (tertiary/aromatic N) is 4. The van der Waals surface area contributed by atoms with Crippen molar-refractivity contribution in [2.24, 2.45) is 0 Å². The van der Waals surface area contributed by atoms with E-state index in [1.165, 1.54) is 24.0 Å². The van der Waals surface area contributed by atoms with Gasteiger partial charge < -0.3 is 20.1 Å². The molecular weight excluding hydrogens is 386 g/mol. The molecule has 2 aromatic heterocycles. The quantitative estimate of drug-likeness (QED) is 0.660. The van der Waals surface area contributed by atoms with E-state index in [9.17, 15) is 0 Å². The lowest BCUT2D eigenvalue weighted by molar-refractivity contribution is 0.103. The Morgan fingerprint density at radius 2 is 1.83 bits per heavy atom. The lowest BCUT2D eigenvalue weighted by Crippen LogP contribution is -2.43. The zero-order valence-electron chi connectivity index (χ0n) is 16.6. The standard InChI is InChI=1S/C20H23N5OS.CH4O/c1-4-10-25(11-5-1)18-19(22-9-8-21-18)26-15-12-14(13-15)23-20-24-16-6-2-3-7-17(16)27-20;1-2/h2-3,6-9,14-15H,1,4-5,10-13H2,(H,23,24);2H,1H3. The minimum Gasteiger partial charge on any atom is -0.472 e. The molecule has 0 radical (unpaired) electrons. The first-order valence-corrected chi connectivity index (χ1v) is 11.0. The van der Waals surface area contributed by atoms with Crippen molar-refractivity contribution in [3.8, 4) is 5.88 Å². The van der Waals surface area contributed by atoms with E-state index in [4.69, 9.17) is 9.84 Å². The summed E-state index contributed by atoms with van der Waals surface area (Å²) in [4.78, 5) is 16.0. The molecule has 1 aromatic carbocycles. The average Bonchev–Trinajstić information content (AvgIpc) is 3.17. The molecule has 2 fully saturated rings. The van der Waals surface area contributed by atoms with Gasteiger partial charge in [-0.25, -0.2) is 15.0 Å². The Balaban J connectivity index is 0.000000994. The molecule has 0 atom stereocenters. The Bertz CT molecular complexity index is 889. The fraction of sp³-hybridized carbons (Fsp3) is 0.476. The van der Waals surface area contributed by atoms with Crippen molar-refractivity contribution in [3.63, 3.8) is 0 Å². The van der Waals surface area contributed by atoms with Crippen LogP contribution in [0, 0.1) is 0 Å². The van der Waals surface area contributed by atoms with Crippen LogP contribution in [0.3, 0.4) is 0 Å². The summed E-state index contributed by atoms with van der Waals surface area (Å²) in [5.74, 6) is 1.59. The number of nitrogens with one attached hydrogen (secondary N) is 1. The maximum absolute atomic E-state index is 7.00. The number of para-hydroxylation sites is 1. The molecule has 1 saturated carbocycles. The van der Waals surface area contributed by atoms with Gasteiger partial charge in [-0.05, 0) is 31.4 Å². The molecule has 0 unspecified atom stereocenters. The maximum atomic E-state index is 7.00. The van der Waals surface area contributed by atoms with Crippen LogP contribution in [0.4, 0.5) is 10.9 Å². The van der Waals surface area contributed by atoms with Crippen molar-refractivity contribution in [3.05, 3.63) is 36.7 Å². The summed E-state index contributed by atoms with van der Waals surface area (Å²) in [6.07, 6.45) is 9.33. The molecule has 1 aliphatic heterocycles. The topological polar surface area (TPSA) is 83.4 Å². The van der Waals surface area contributed by atoms with Crippen LogP contribution in [0.2, 0.25) is 0 Å². The summed E-state index contributed by atoms with van der Waals surface area (Å²) in [5, 5.41) is 11.5. The van der Waals surface area contributed by atoms with E-state index in [2.05, 4.69) is 43.4 Å². The van der Waals surface area contributed by atoms with Crippen LogP contribution in [0.5, 0.6) is 5.88 Å². The number of fused-ring (bicyclic) bond motifs is 1. The summed E-state index contributed by atoms with van der Waals surface area (Å²) in [6.45, 7) is 2.09. The second-order valence-electron chi connectivity index (χ2n) is 7.27. The zero-order chi connectivity index (χ0) is 20.1. The maximum Gasteiger partial charge on any atom is 0.257 e. The van der Waals surface area contributed by atoms with Gasteiger partial charge in [-0.2, -0.15) is 0 Å². The van der Waals surface area contributed by atoms with E-state index in [1.807, 2.05) is 6.07 Å². The molecule has 1 aliphatic carbocycles. The number of thiazole rings is 1. The molecule has 0 bridgehead atoms. The summed E-state index contributed by atoms with van der Waals surface area (Å²) in [5.41, 5.74) is 1.06. The first-order valence-electron chi connectivity index (χ1n) is 10.1. The normalized spacial score (nSPS) is 21.1. The number of aliphatic hydroxyl groups is 1. The molecule has 7 nitrogen and oxygen atoms in total. The highest BCUT2D eigenvalue weighted by Gasteiger charge is 2.33. The minimum atomic E-state index is 0.192. The predicted molar refractivity (Wildman–Crippen MR) is 117 cm³/mol. The molecular formula is C21H27N5O2S. The first kappa shape index (κ1) is 19.8. The molecule has 5 rings (SSSR count). The van der Waals surface area contributed by atoms with Crippen molar-refractivity contribution in [1.82, 2.24) is 15.0 Å². The van der Waals surface area contributed by atoms with Gasteiger partial charge in [-0.1, -0.05) is 23.5 Å². The molecule has 2 aliphatic rings. The Kier molecular flexibility index (Phi) is 6.41. The van der Waals surface area contributed by atoms with Crippen LogP contribution < -0.4 is 15.0 Å². The summed E-state index contributed by atoms with van der Waals surface area (Å²) < 4.78 is 7.41. The van der Waals surface area contributed by atoms with E-state index >= 15 is 0 Å². The van der Waals surface area contributed by atoms with E-state index in [0.717, 1.165) is 49.5 Å². The largest absolute Gasteiger partial charge is 0.472 e. The Morgan fingerprint density at radius 1 is 1.07 bits per heavy atom. The smallest absolute Gasteiger partial charge is 0.257 e. The van der Waals surface area contributed by atoms with Crippen LogP contribution in [0.1, 0.15) is 32.1 Å². The number of anilines is 2. The first-order chi connectivity index (χ1) is 14.3. The Labute approximate surface area is 174 Å². The van der Waals surface area contributed by atoms with E-state index < -0.39 is 0 Å². The van der Waals surface area contributed by atoms with Gasteiger partial charge >= 0.3 is 0 Å². The number of benzene rings is 1. The molecule has 29 heavy (non-hydrogen) atoms. The fourth-order valence-corrected chi connectivity index (χ4v) is 4.71. The van der Waals surface area contributed by atoms with Crippen LogP contribution in [-0.2, 0) is 0 Å². The predicted octanol–water partition coefficient (Wildman–Crippen LogP) is 3.71. The highest BCUT2D eigenvalue weighted by Crippen LogP contribution is 2.34. The lowest BCUT2D eigenvalue weighted by atomic mass is 9.89. The van der Waals surface area contributed by atoms with Gasteiger partial charge in [0.15, 0.2) is 10.9 Å². The van der Waals surface area contributed by atoms with Crippen LogP contribution in [-0.4, -0.2) is 52.4 Å². The molecule has 8 heteroatoms. The number of ether oxygens (including phenoxy) is 1. The Morgan fingerprint density at radius 3 is 2.62 bits per heavy atom. The second-order valence-corrected chi connectivity index (χ2v) is 8.30. The molecule has 0 spiro atoms. The van der Waals surface area contributed by atoms with E-state index in [0.29, 0.717) is 11.9 Å². The van der Waals surface area contributed by atoms with Gasteiger partial charge in [0.2, 0.25) is 0 Å². The van der Waals surface area contributed by atoms with E-state index in [1.54, 1.807) is 23.7 Å². The molecule has 3 heterocycles. The van der Waals surface area contributed by atoms with Gasteiger partial charge in [0.25, 0.3) is 5.88 Å². The zero-order valence-corrected chi connectivity index (χ0v) is 17.4. The number of piperidine rings is 1.